The van der Waals surface area contributed by atoms with Crippen LogP contribution in [0.1, 0.15) is 24.0 Å². The molecule has 1 aliphatic heterocycles. The highest BCUT2D eigenvalue weighted by Crippen LogP contribution is 2.33. The minimum Gasteiger partial charge on any atom is -0.493 e. The smallest absolute Gasteiger partial charge is 0.240 e. The summed E-state index contributed by atoms with van der Waals surface area (Å²) in [6.07, 6.45) is 2.49. The SMILES string of the molecule is COc1cc2c(cc1OC)CN(CCCCNS(=O)(=O)c1ccc(F)c(Cl)c1)CC2.Cl. The Morgan fingerprint density at radius 3 is 2.42 bits per heavy atom. The molecule has 10 heteroatoms. The summed E-state index contributed by atoms with van der Waals surface area (Å²) in [6.45, 7) is 2.96. The van der Waals surface area contributed by atoms with Crippen LogP contribution in [0.4, 0.5) is 4.39 Å². The zero-order chi connectivity index (χ0) is 21.7. The summed E-state index contributed by atoms with van der Waals surface area (Å²) in [5.74, 6) is 0.836. The summed E-state index contributed by atoms with van der Waals surface area (Å²) in [5, 5.41) is -0.211. The second kappa shape index (κ2) is 11.3. The molecule has 6 nitrogen and oxygen atoms in total. The molecular formula is C21H27Cl2FN2O4S. The van der Waals surface area contributed by atoms with Gasteiger partial charge in [0.2, 0.25) is 10.0 Å². The van der Waals surface area contributed by atoms with Crippen molar-refractivity contribution in [1.29, 1.82) is 0 Å². The fourth-order valence-corrected chi connectivity index (χ4v) is 4.87. The molecule has 3 rings (SSSR count). The summed E-state index contributed by atoms with van der Waals surface area (Å²) in [7, 11) is -0.432. The van der Waals surface area contributed by atoms with Gasteiger partial charge in [0.05, 0.1) is 24.1 Å². The van der Waals surface area contributed by atoms with Crippen molar-refractivity contribution in [2.45, 2.75) is 30.7 Å². The lowest BCUT2D eigenvalue weighted by molar-refractivity contribution is 0.248. The molecule has 0 aliphatic carbocycles. The number of nitrogens with zero attached hydrogens (tertiary/aromatic N) is 1. The number of methoxy groups -OCH3 is 2. The maximum Gasteiger partial charge on any atom is 0.240 e. The van der Waals surface area contributed by atoms with Crippen LogP contribution in [0, 0.1) is 5.82 Å². The molecule has 0 unspecified atom stereocenters. The molecular weight excluding hydrogens is 466 g/mol. The van der Waals surface area contributed by atoms with Crippen LogP contribution in [-0.4, -0.2) is 47.2 Å². The molecule has 172 valence electrons. The molecule has 1 N–H and O–H groups in total. The monoisotopic (exact) mass is 492 g/mol. The van der Waals surface area contributed by atoms with E-state index < -0.39 is 15.8 Å². The quantitative estimate of drug-likeness (QED) is 0.535. The summed E-state index contributed by atoms with van der Waals surface area (Å²) in [5.41, 5.74) is 2.50. The highest BCUT2D eigenvalue weighted by molar-refractivity contribution is 7.89. The summed E-state index contributed by atoms with van der Waals surface area (Å²) in [4.78, 5) is 2.31. The standard InChI is InChI=1S/C21H26ClFN2O4S.ClH/c1-28-20-11-15-7-10-25(14-16(15)12-21(20)29-2)9-4-3-8-24-30(26,27)17-5-6-19(23)18(22)13-17;/h5-6,11-13,24H,3-4,7-10,14H2,1-2H3;1H. The normalized spacial score (nSPS) is 13.9. The van der Waals surface area contributed by atoms with Gasteiger partial charge in [0.1, 0.15) is 5.82 Å². The average Bonchev–Trinajstić information content (AvgIpc) is 2.74. The average molecular weight is 493 g/mol. The van der Waals surface area contributed by atoms with Crippen LogP contribution in [0.5, 0.6) is 11.5 Å². The van der Waals surface area contributed by atoms with Gasteiger partial charge in [0, 0.05) is 19.6 Å². The number of ether oxygens (including phenoxy) is 2. The number of halogens is 3. The third kappa shape index (κ3) is 6.46. The van der Waals surface area contributed by atoms with E-state index in [2.05, 4.69) is 9.62 Å². The molecule has 0 fully saturated rings. The van der Waals surface area contributed by atoms with Gasteiger partial charge in [0.15, 0.2) is 11.5 Å². The van der Waals surface area contributed by atoms with Gasteiger partial charge in [-0.05, 0) is 67.3 Å². The number of sulfonamides is 1. The van der Waals surface area contributed by atoms with Gasteiger partial charge in [-0.2, -0.15) is 0 Å². The third-order valence-corrected chi connectivity index (χ3v) is 6.94. The van der Waals surface area contributed by atoms with E-state index in [0.29, 0.717) is 13.0 Å². The molecule has 0 atom stereocenters. The molecule has 0 saturated carbocycles. The van der Waals surface area contributed by atoms with Crippen LogP contribution < -0.4 is 14.2 Å². The predicted octanol–water partition coefficient (Wildman–Crippen LogP) is 4.03. The maximum atomic E-state index is 13.2. The van der Waals surface area contributed by atoms with Crippen LogP contribution >= 0.6 is 24.0 Å². The Morgan fingerprint density at radius 1 is 1.10 bits per heavy atom. The van der Waals surface area contributed by atoms with Crippen molar-refractivity contribution in [2.75, 3.05) is 33.9 Å². The Balaban J connectivity index is 0.00000341. The van der Waals surface area contributed by atoms with Crippen LogP contribution in [0.15, 0.2) is 35.2 Å². The van der Waals surface area contributed by atoms with Crippen molar-refractivity contribution >= 4 is 34.0 Å². The lowest BCUT2D eigenvalue weighted by Gasteiger charge is -2.29. The molecule has 0 amide bonds. The largest absolute Gasteiger partial charge is 0.493 e. The van der Waals surface area contributed by atoms with E-state index in [-0.39, 0.29) is 22.3 Å². The number of hydrogen-bond donors (Lipinski definition) is 1. The van der Waals surface area contributed by atoms with E-state index in [9.17, 15) is 12.8 Å². The first-order valence-electron chi connectivity index (χ1n) is 9.75. The minimum atomic E-state index is -3.70. The molecule has 2 aromatic rings. The molecule has 0 spiro atoms. The van der Waals surface area contributed by atoms with E-state index >= 15 is 0 Å². The Hall–Kier alpha value is -1.58. The fourth-order valence-electron chi connectivity index (χ4n) is 3.53. The van der Waals surface area contributed by atoms with Gasteiger partial charge in [0.25, 0.3) is 0 Å². The van der Waals surface area contributed by atoms with E-state index in [1.807, 2.05) is 12.1 Å². The lowest BCUT2D eigenvalue weighted by Crippen LogP contribution is -2.32. The zero-order valence-corrected chi connectivity index (χ0v) is 19.9. The van der Waals surface area contributed by atoms with Crippen LogP contribution in [0.3, 0.4) is 0 Å². The number of unbranched alkanes of at least 4 members (excludes halogenated alkanes) is 1. The van der Waals surface area contributed by atoms with Gasteiger partial charge in [-0.1, -0.05) is 11.6 Å². The number of nitrogens with one attached hydrogen (secondary N) is 1. The molecule has 0 saturated heterocycles. The van der Waals surface area contributed by atoms with Crippen molar-refractivity contribution in [3.05, 3.63) is 52.3 Å². The first-order chi connectivity index (χ1) is 14.3. The maximum absolute atomic E-state index is 13.2. The van der Waals surface area contributed by atoms with Crippen molar-refractivity contribution in [2.24, 2.45) is 0 Å². The summed E-state index contributed by atoms with van der Waals surface area (Å²) < 4.78 is 51.1. The lowest BCUT2D eigenvalue weighted by atomic mass is 9.98. The zero-order valence-electron chi connectivity index (χ0n) is 17.5. The second-order valence-electron chi connectivity index (χ2n) is 7.18. The van der Waals surface area contributed by atoms with Gasteiger partial charge in [-0.15, -0.1) is 12.4 Å². The number of rotatable bonds is 9. The number of benzene rings is 2. The van der Waals surface area contributed by atoms with Crippen molar-refractivity contribution in [1.82, 2.24) is 9.62 Å². The highest BCUT2D eigenvalue weighted by atomic mass is 35.5. The Labute approximate surface area is 194 Å². The molecule has 2 aromatic carbocycles. The minimum absolute atomic E-state index is 0. The van der Waals surface area contributed by atoms with E-state index in [1.54, 1.807) is 14.2 Å². The van der Waals surface area contributed by atoms with Gasteiger partial charge < -0.3 is 9.47 Å². The summed E-state index contributed by atoms with van der Waals surface area (Å²) in [6, 6.07) is 7.45. The first-order valence-corrected chi connectivity index (χ1v) is 11.6. The molecule has 0 bridgehead atoms. The molecule has 1 heterocycles. The third-order valence-electron chi connectivity index (χ3n) is 5.19. The fraction of sp³-hybridized carbons (Fsp3) is 0.429. The van der Waals surface area contributed by atoms with E-state index in [4.69, 9.17) is 21.1 Å². The van der Waals surface area contributed by atoms with Gasteiger partial charge in [-0.25, -0.2) is 17.5 Å². The topological polar surface area (TPSA) is 67.9 Å². The number of hydrogen-bond acceptors (Lipinski definition) is 5. The molecule has 0 radical (unpaired) electrons. The van der Waals surface area contributed by atoms with Crippen LogP contribution in [0.2, 0.25) is 5.02 Å². The number of fused-ring (bicyclic) bond motifs is 1. The van der Waals surface area contributed by atoms with E-state index in [0.717, 1.165) is 56.1 Å². The summed E-state index contributed by atoms with van der Waals surface area (Å²) >= 11 is 5.67. The van der Waals surface area contributed by atoms with Crippen molar-refractivity contribution in [3.63, 3.8) is 0 Å². The van der Waals surface area contributed by atoms with Gasteiger partial charge in [-0.3, -0.25) is 4.90 Å². The Bertz CT molecular complexity index is 1010. The van der Waals surface area contributed by atoms with Crippen molar-refractivity contribution < 1.29 is 22.3 Å². The first kappa shape index (κ1) is 25.7. The van der Waals surface area contributed by atoms with Crippen LogP contribution in [0.25, 0.3) is 0 Å². The molecule has 1 aliphatic rings. The molecule has 0 aromatic heterocycles. The van der Waals surface area contributed by atoms with Crippen molar-refractivity contribution in [3.8, 4) is 11.5 Å². The second-order valence-corrected chi connectivity index (χ2v) is 9.36. The Kier molecular flexibility index (Phi) is 9.39. The van der Waals surface area contributed by atoms with Crippen LogP contribution in [-0.2, 0) is 23.0 Å². The predicted molar refractivity (Wildman–Crippen MR) is 122 cm³/mol. The highest BCUT2D eigenvalue weighted by Gasteiger charge is 2.19. The van der Waals surface area contributed by atoms with E-state index in [1.165, 1.54) is 17.2 Å². The Morgan fingerprint density at radius 2 is 1.77 bits per heavy atom. The van der Waals surface area contributed by atoms with Gasteiger partial charge >= 0.3 is 0 Å². The molecule has 31 heavy (non-hydrogen) atoms.